The fourth-order valence-corrected chi connectivity index (χ4v) is 3.72. The van der Waals surface area contributed by atoms with Gasteiger partial charge in [0.2, 0.25) is 11.3 Å². The number of rotatable bonds is 6. The van der Waals surface area contributed by atoms with Crippen molar-refractivity contribution in [2.75, 3.05) is 12.4 Å². The van der Waals surface area contributed by atoms with Crippen molar-refractivity contribution in [1.82, 2.24) is 4.57 Å². The van der Waals surface area contributed by atoms with E-state index in [0.29, 0.717) is 27.9 Å². The molecule has 1 heterocycles. The van der Waals surface area contributed by atoms with Crippen LogP contribution in [0.2, 0.25) is 0 Å². The number of benzene rings is 3. The molecule has 4 rings (SSSR count). The van der Waals surface area contributed by atoms with Gasteiger partial charge in [0, 0.05) is 28.9 Å². The first kappa shape index (κ1) is 22.0. The Hall–Kier alpha value is -4.19. The Morgan fingerprint density at radius 2 is 1.67 bits per heavy atom. The highest BCUT2D eigenvalue weighted by Gasteiger charge is 2.18. The third kappa shape index (κ3) is 4.70. The SMILES string of the molecule is COc1cccc(NC(=O)Cn2cc(C(=O)c3ccc(C)cc3)c(=O)c3cc(C)ccc32)c1. The Labute approximate surface area is 191 Å². The first-order valence-electron chi connectivity index (χ1n) is 10.5. The Bertz CT molecular complexity index is 1420. The van der Waals surface area contributed by atoms with Crippen LogP contribution in [0.3, 0.4) is 0 Å². The van der Waals surface area contributed by atoms with Crippen LogP contribution in [0, 0.1) is 13.8 Å². The number of hydrogen-bond acceptors (Lipinski definition) is 4. The first-order valence-corrected chi connectivity index (χ1v) is 10.5. The predicted molar refractivity (Wildman–Crippen MR) is 129 cm³/mol. The van der Waals surface area contributed by atoms with Crippen LogP contribution < -0.4 is 15.5 Å². The molecule has 0 saturated carbocycles. The van der Waals surface area contributed by atoms with Crippen LogP contribution in [-0.4, -0.2) is 23.4 Å². The maximum absolute atomic E-state index is 13.2. The van der Waals surface area contributed by atoms with Crippen molar-refractivity contribution in [1.29, 1.82) is 0 Å². The van der Waals surface area contributed by atoms with E-state index in [1.54, 1.807) is 60.2 Å². The number of nitrogens with one attached hydrogen (secondary N) is 1. The molecule has 0 aliphatic rings. The van der Waals surface area contributed by atoms with Gasteiger partial charge >= 0.3 is 0 Å². The molecule has 1 N–H and O–H groups in total. The van der Waals surface area contributed by atoms with E-state index >= 15 is 0 Å². The number of pyridine rings is 1. The van der Waals surface area contributed by atoms with Crippen molar-refractivity contribution < 1.29 is 14.3 Å². The van der Waals surface area contributed by atoms with E-state index in [-0.39, 0.29) is 29.2 Å². The van der Waals surface area contributed by atoms with Crippen LogP contribution in [0.4, 0.5) is 5.69 Å². The lowest BCUT2D eigenvalue weighted by Crippen LogP contribution is -2.24. The minimum absolute atomic E-state index is 0.0335. The van der Waals surface area contributed by atoms with Crippen molar-refractivity contribution in [2.45, 2.75) is 20.4 Å². The van der Waals surface area contributed by atoms with Crippen LogP contribution >= 0.6 is 0 Å². The number of aromatic nitrogens is 1. The van der Waals surface area contributed by atoms with E-state index in [9.17, 15) is 14.4 Å². The molecule has 0 unspecified atom stereocenters. The van der Waals surface area contributed by atoms with Crippen molar-refractivity contribution in [2.24, 2.45) is 0 Å². The molecule has 0 radical (unpaired) electrons. The summed E-state index contributed by atoms with van der Waals surface area (Å²) in [7, 11) is 1.56. The number of methoxy groups -OCH3 is 1. The van der Waals surface area contributed by atoms with Crippen LogP contribution in [0.25, 0.3) is 10.9 Å². The summed E-state index contributed by atoms with van der Waals surface area (Å²) < 4.78 is 6.85. The second kappa shape index (κ2) is 9.12. The number of carbonyl (C=O) groups excluding carboxylic acids is 2. The summed E-state index contributed by atoms with van der Waals surface area (Å²) in [5.41, 5.74) is 3.22. The molecule has 0 saturated heterocycles. The van der Waals surface area contributed by atoms with E-state index in [2.05, 4.69) is 5.32 Å². The normalized spacial score (nSPS) is 10.8. The van der Waals surface area contributed by atoms with Crippen LogP contribution in [0.5, 0.6) is 5.75 Å². The molecule has 166 valence electrons. The van der Waals surface area contributed by atoms with Gasteiger partial charge < -0.3 is 14.6 Å². The van der Waals surface area contributed by atoms with Gasteiger partial charge in [0.25, 0.3) is 0 Å². The first-order chi connectivity index (χ1) is 15.9. The minimum atomic E-state index is -0.370. The largest absolute Gasteiger partial charge is 0.497 e. The van der Waals surface area contributed by atoms with E-state index < -0.39 is 0 Å². The molecular formula is C27H24N2O4. The Morgan fingerprint density at radius 3 is 2.39 bits per heavy atom. The Morgan fingerprint density at radius 1 is 0.939 bits per heavy atom. The molecule has 33 heavy (non-hydrogen) atoms. The number of anilines is 1. The van der Waals surface area contributed by atoms with Gasteiger partial charge in [-0.05, 0) is 38.1 Å². The summed E-state index contributed by atoms with van der Waals surface area (Å²) >= 11 is 0. The third-order valence-corrected chi connectivity index (χ3v) is 5.46. The molecule has 4 aromatic rings. The molecule has 1 aromatic heterocycles. The number of carbonyl (C=O) groups is 2. The second-order valence-electron chi connectivity index (χ2n) is 8.00. The third-order valence-electron chi connectivity index (χ3n) is 5.46. The molecule has 6 heteroatoms. The van der Waals surface area contributed by atoms with Crippen molar-refractivity contribution in [3.8, 4) is 5.75 Å². The van der Waals surface area contributed by atoms with Gasteiger partial charge in [0.05, 0.1) is 18.2 Å². The molecule has 0 aliphatic heterocycles. The van der Waals surface area contributed by atoms with Gasteiger partial charge in [-0.2, -0.15) is 0 Å². The van der Waals surface area contributed by atoms with Gasteiger partial charge in [-0.3, -0.25) is 14.4 Å². The lowest BCUT2D eigenvalue weighted by atomic mass is 10.0. The maximum Gasteiger partial charge on any atom is 0.244 e. The molecule has 6 nitrogen and oxygen atoms in total. The molecule has 3 aromatic carbocycles. The van der Waals surface area contributed by atoms with Gasteiger partial charge in [0.1, 0.15) is 12.3 Å². The zero-order valence-corrected chi connectivity index (χ0v) is 18.7. The number of amides is 1. The van der Waals surface area contributed by atoms with Crippen molar-refractivity contribution in [3.05, 3.63) is 105 Å². The quantitative estimate of drug-likeness (QED) is 0.448. The van der Waals surface area contributed by atoms with Gasteiger partial charge in [-0.25, -0.2) is 0 Å². The van der Waals surface area contributed by atoms with Crippen molar-refractivity contribution in [3.63, 3.8) is 0 Å². The number of ketones is 1. The van der Waals surface area contributed by atoms with Gasteiger partial charge in [0.15, 0.2) is 5.78 Å². The molecule has 0 bridgehead atoms. The highest BCUT2D eigenvalue weighted by molar-refractivity contribution is 6.10. The zero-order valence-electron chi connectivity index (χ0n) is 18.7. The summed E-state index contributed by atoms with van der Waals surface area (Å²) in [6.45, 7) is 3.75. The standard InChI is InChI=1S/C27H24N2O4/c1-17-7-10-19(11-8-17)26(31)23-15-29(24-12-9-18(2)13-22(24)27(23)32)16-25(30)28-20-5-4-6-21(14-20)33-3/h4-15H,16H2,1-3H3,(H,28,30). The van der Waals surface area contributed by atoms with Crippen LogP contribution in [0.15, 0.2) is 77.7 Å². The number of nitrogens with zero attached hydrogens (tertiary/aromatic N) is 1. The maximum atomic E-state index is 13.2. The zero-order chi connectivity index (χ0) is 23.5. The number of hydrogen-bond donors (Lipinski definition) is 1. The highest BCUT2D eigenvalue weighted by atomic mass is 16.5. The van der Waals surface area contributed by atoms with Crippen LogP contribution in [-0.2, 0) is 11.3 Å². The second-order valence-corrected chi connectivity index (χ2v) is 8.00. The number of fused-ring (bicyclic) bond motifs is 1. The summed E-state index contributed by atoms with van der Waals surface area (Å²) in [6, 6.07) is 19.5. The Kier molecular flexibility index (Phi) is 6.09. The highest BCUT2D eigenvalue weighted by Crippen LogP contribution is 2.19. The topological polar surface area (TPSA) is 77.4 Å². The monoisotopic (exact) mass is 440 g/mol. The average Bonchev–Trinajstić information content (AvgIpc) is 2.81. The van der Waals surface area contributed by atoms with E-state index in [1.165, 1.54) is 6.20 Å². The Balaban J connectivity index is 1.74. The molecule has 1 amide bonds. The van der Waals surface area contributed by atoms with Gasteiger partial charge in [-0.15, -0.1) is 0 Å². The van der Waals surface area contributed by atoms with Crippen LogP contribution in [0.1, 0.15) is 27.0 Å². The molecule has 0 atom stereocenters. The molecular weight excluding hydrogens is 416 g/mol. The lowest BCUT2D eigenvalue weighted by Gasteiger charge is -2.14. The average molecular weight is 440 g/mol. The summed E-state index contributed by atoms with van der Waals surface area (Å²) in [5.74, 6) is -0.0315. The van der Waals surface area contributed by atoms with E-state index in [1.807, 2.05) is 32.0 Å². The minimum Gasteiger partial charge on any atom is -0.497 e. The molecule has 0 fully saturated rings. The lowest BCUT2D eigenvalue weighted by molar-refractivity contribution is -0.116. The fraction of sp³-hybridized carbons (Fsp3) is 0.148. The summed E-state index contributed by atoms with van der Waals surface area (Å²) in [5, 5.41) is 3.24. The molecule has 0 aliphatic carbocycles. The van der Waals surface area contributed by atoms with E-state index in [4.69, 9.17) is 4.74 Å². The fourth-order valence-electron chi connectivity index (χ4n) is 3.72. The van der Waals surface area contributed by atoms with Crippen molar-refractivity contribution >= 4 is 28.3 Å². The summed E-state index contributed by atoms with van der Waals surface area (Å²) in [4.78, 5) is 39.2. The smallest absolute Gasteiger partial charge is 0.244 e. The van der Waals surface area contributed by atoms with E-state index in [0.717, 1.165) is 11.1 Å². The number of aryl methyl sites for hydroxylation is 2. The summed E-state index contributed by atoms with van der Waals surface area (Å²) in [6.07, 6.45) is 1.48. The molecule has 0 spiro atoms. The van der Waals surface area contributed by atoms with Gasteiger partial charge in [-0.1, -0.05) is 47.5 Å². The number of ether oxygens (including phenoxy) is 1. The predicted octanol–water partition coefficient (Wildman–Crippen LogP) is 4.50.